The number of halogens is 1. The summed E-state index contributed by atoms with van der Waals surface area (Å²) < 4.78 is 48.4. The standard InChI is InChI=1S/C23H21FN4O5S/c1-14-11-20(15(2)28(14)12-16-3-9-19(10-4-16)34(25,30)31)23(29)32-13-21-26-22(33-27-21)17-5-7-18(24)8-6-17/h3-11H,12-13H2,1-2H3,(H2,25,30,31). The van der Waals surface area contributed by atoms with Crippen molar-refractivity contribution in [2.75, 3.05) is 0 Å². The molecule has 0 radical (unpaired) electrons. The van der Waals surface area contributed by atoms with E-state index in [1.54, 1.807) is 25.1 Å². The van der Waals surface area contributed by atoms with E-state index in [-0.39, 0.29) is 29.0 Å². The highest BCUT2D eigenvalue weighted by Crippen LogP contribution is 2.21. The van der Waals surface area contributed by atoms with Crippen molar-refractivity contribution in [2.24, 2.45) is 5.14 Å². The van der Waals surface area contributed by atoms with E-state index in [1.165, 1.54) is 36.4 Å². The van der Waals surface area contributed by atoms with Gasteiger partial charge in [-0.15, -0.1) is 0 Å². The molecular weight excluding hydrogens is 463 g/mol. The summed E-state index contributed by atoms with van der Waals surface area (Å²) in [6, 6.07) is 13.5. The molecule has 0 atom stereocenters. The molecule has 0 amide bonds. The van der Waals surface area contributed by atoms with E-state index in [0.29, 0.717) is 23.4 Å². The fraction of sp³-hybridized carbons (Fsp3) is 0.174. The van der Waals surface area contributed by atoms with Crippen LogP contribution in [0.25, 0.3) is 11.5 Å². The largest absolute Gasteiger partial charge is 0.454 e. The third-order valence-corrected chi connectivity index (χ3v) is 6.21. The van der Waals surface area contributed by atoms with E-state index >= 15 is 0 Å². The normalized spacial score (nSPS) is 11.5. The fourth-order valence-corrected chi connectivity index (χ4v) is 3.96. The number of sulfonamides is 1. The summed E-state index contributed by atoms with van der Waals surface area (Å²) in [4.78, 5) is 16.9. The Hall–Kier alpha value is -3.83. The van der Waals surface area contributed by atoms with Crippen LogP contribution in [0, 0.1) is 19.7 Å². The molecule has 0 fully saturated rings. The second-order valence-electron chi connectivity index (χ2n) is 7.66. The van der Waals surface area contributed by atoms with Gasteiger partial charge in [0.1, 0.15) is 5.82 Å². The van der Waals surface area contributed by atoms with Gasteiger partial charge in [-0.2, -0.15) is 4.98 Å². The highest BCUT2D eigenvalue weighted by molar-refractivity contribution is 7.89. The molecule has 4 aromatic rings. The van der Waals surface area contributed by atoms with Gasteiger partial charge in [0.2, 0.25) is 15.8 Å². The minimum absolute atomic E-state index is 0.0329. The van der Waals surface area contributed by atoms with Crippen molar-refractivity contribution in [2.45, 2.75) is 31.9 Å². The third-order valence-electron chi connectivity index (χ3n) is 5.28. The van der Waals surface area contributed by atoms with Crippen molar-refractivity contribution >= 4 is 16.0 Å². The highest BCUT2D eigenvalue weighted by Gasteiger charge is 2.19. The molecule has 2 N–H and O–H groups in total. The van der Waals surface area contributed by atoms with E-state index < -0.39 is 16.0 Å². The molecule has 0 spiro atoms. The van der Waals surface area contributed by atoms with Crippen molar-refractivity contribution in [1.29, 1.82) is 0 Å². The maximum absolute atomic E-state index is 13.1. The van der Waals surface area contributed by atoms with Crippen LogP contribution in [0.2, 0.25) is 0 Å². The first kappa shape index (κ1) is 23.3. The number of hydrogen-bond acceptors (Lipinski definition) is 7. The minimum atomic E-state index is -3.76. The number of carbonyl (C=O) groups is 1. The smallest absolute Gasteiger partial charge is 0.340 e. The monoisotopic (exact) mass is 484 g/mol. The highest BCUT2D eigenvalue weighted by atomic mass is 32.2. The maximum Gasteiger partial charge on any atom is 0.340 e. The van der Waals surface area contributed by atoms with Gasteiger partial charge < -0.3 is 13.8 Å². The van der Waals surface area contributed by atoms with E-state index in [1.807, 2.05) is 11.5 Å². The van der Waals surface area contributed by atoms with Gasteiger partial charge in [-0.3, -0.25) is 0 Å². The fourth-order valence-electron chi connectivity index (χ4n) is 3.45. The van der Waals surface area contributed by atoms with Crippen molar-refractivity contribution in [3.63, 3.8) is 0 Å². The van der Waals surface area contributed by atoms with Crippen LogP contribution < -0.4 is 5.14 Å². The second kappa shape index (κ2) is 9.20. The van der Waals surface area contributed by atoms with E-state index in [2.05, 4.69) is 10.1 Å². The molecule has 4 rings (SSSR count). The summed E-state index contributed by atoms with van der Waals surface area (Å²) in [5.41, 5.74) is 3.30. The number of nitrogens with two attached hydrogens (primary N) is 1. The van der Waals surface area contributed by atoms with Gasteiger partial charge in [0.05, 0.1) is 10.5 Å². The van der Waals surface area contributed by atoms with Crippen LogP contribution in [0.15, 0.2) is 64.0 Å². The zero-order chi connectivity index (χ0) is 24.5. The van der Waals surface area contributed by atoms with Crippen molar-refractivity contribution in [3.8, 4) is 11.5 Å². The van der Waals surface area contributed by atoms with Crippen LogP contribution in [0.3, 0.4) is 0 Å². The Kier molecular flexibility index (Phi) is 6.31. The van der Waals surface area contributed by atoms with Crippen LogP contribution in [0.5, 0.6) is 0 Å². The van der Waals surface area contributed by atoms with E-state index in [4.69, 9.17) is 14.4 Å². The van der Waals surface area contributed by atoms with Gasteiger partial charge in [-0.05, 0) is 61.9 Å². The van der Waals surface area contributed by atoms with Crippen molar-refractivity contribution in [1.82, 2.24) is 14.7 Å². The number of carbonyl (C=O) groups excluding carboxylic acids is 1. The lowest BCUT2D eigenvalue weighted by Gasteiger charge is -2.10. The van der Waals surface area contributed by atoms with Crippen molar-refractivity contribution in [3.05, 3.63) is 88.8 Å². The topological polar surface area (TPSA) is 130 Å². The number of hydrogen-bond donors (Lipinski definition) is 1. The molecule has 11 heteroatoms. The molecule has 0 bridgehead atoms. The molecule has 176 valence electrons. The van der Waals surface area contributed by atoms with Gasteiger partial charge in [0.15, 0.2) is 6.61 Å². The van der Waals surface area contributed by atoms with Crippen LogP contribution in [-0.4, -0.2) is 29.1 Å². The Balaban J connectivity index is 1.43. The van der Waals surface area contributed by atoms with Crippen LogP contribution >= 0.6 is 0 Å². The Labute approximate surface area is 195 Å². The number of ether oxygens (including phenoxy) is 1. The molecule has 0 aliphatic carbocycles. The first-order valence-corrected chi connectivity index (χ1v) is 11.7. The van der Waals surface area contributed by atoms with Crippen LogP contribution in [0.1, 0.15) is 33.1 Å². The first-order valence-electron chi connectivity index (χ1n) is 10.2. The van der Waals surface area contributed by atoms with Gasteiger partial charge in [0.25, 0.3) is 5.89 Å². The number of rotatable bonds is 7. The average molecular weight is 485 g/mol. The molecule has 34 heavy (non-hydrogen) atoms. The molecular formula is C23H21FN4O5S. The Morgan fingerprint density at radius 3 is 2.44 bits per heavy atom. The van der Waals surface area contributed by atoms with E-state index in [0.717, 1.165) is 11.3 Å². The minimum Gasteiger partial charge on any atom is -0.454 e. The number of aryl methyl sites for hydroxylation is 1. The summed E-state index contributed by atoms with van der Waals surface area (Å²) in [6.07, 6.45) is 0. The lowest BCUT2D eigenvalue weighted by atomic mass is 10.2. The quantitative estimate of drug-likeness (QED) is 0.398. The number of primary sulfonamides is 1. The number of esters is 1. The Morgan fingerprint density at radius 1 is 1.12 bits per heavy atom. The van der Waals surface area contributed by atoms with Gasteiger partial charge in [-0.25, -0.2) is 22.7 Å². The molecule has 0 unspecified atom stereocenters. The van der Waals surface area contributed by atoms with Crippen LogP contribution in [0.4, 0.5) is 4.39 Å². The molecule has 2 heterocycles. The first-order chi connectivity index (χ1) is 16.1. The molecule has 2 aromatic carbocycles. The van der Waals surface area contributed by atoms with Crippen molar-refractivity contribution < 1.29 is 26.9 Å². The van der Waals surface area contributed by atoms with Crippen LogP contribution in [-0.2, 0) is 27.9 Å². The molecule has 0 saturated heterocycles. The lowest BCUT2D eigenvalue weighted by Crippen LogP contribution is -2.12. The molecule has 0 aliphatic rings. The zero-order valence-corrected chi connectivity index (χ0v) is 19.2. The predicted molar refractivity (Wildman–Crippen MR) is 120 cm³/mol. The predicted octanol–water partition coefficient (Wildman–Crippen LogP) is 3.35. The van der Waals surface area contributed by atoms with Gasteiger partial charge in [0, 0.05) is 23.5 Å². The SMILES string of the molecule is Cc1cc(C(=O)OCc2noc(-c3ccc(F)cc3)n2)c(C)n1Cc1ccc(S(N)(=O)=O)cc1. The third kappa shape index (κ3) is 5.05. The van der Waals surface area contributed by atoms with Gasteiger partial charge in [-0.1, -0.05) is 17.3 Å². The summed E-state index contributed by atoms with van der Waals surface area (Å²) in [5.74, 6) is -0.554. The Bertz CT molecular complexity index is 1440. The number of aromatic nitrogens is 3. The second-order valence-corrected chi connectivity index (χ2v) is 9.22. The summed E-state index contributed by atoms with van der Waals surface area (Å²) in [6.45, 7) is 3.89. The summed E-state index contributed by atoms with van der Waals surface area (Å²) in [5, 5.41) is 8.93. The molecule has 0 saturated carbocycles. The van der Waals surface area contributed by atoms with E-state index in [9.17, 15) is 17.6 Å². The average Bonchev–Trinajstić information content (AvgIpc) is 3.38. The molecule has 2 aromatic heterocycles. The maximum atomic E-state index is 13.1. The Morgan fingerprint density at radius 2 is 1.79 bits per heavy atom. The summed E-state index contributed by atoms with van der Waals surface area (Å²) >= 11 is 0. The zero-order valence-electron chi connectivity index (χ0n) is 18.4. The number of benzene rings is 2. The number of nitrogens with zero attached hydrogens (tertiary/aromatic N) is 3. The summed E-state index contributed by atoms with van der Waals surface area (Å²) in [7, 11) is -3.76. The van der Waals surface area contributed by atoms with Gasteiger partial charge >= 0.3 is 5.97 Å². The molecule has 0 aliphatic heterocycles. The lowest BCUT2D eigenvalue weighted by molar-refractivity contribution is 0.0458. The molecule has 9 nitrogen and oxygen atoms in total.